The molecule has 3 aliphatic heterocycles. The van der Waals surface area contributed by atoms with E-state index >= 15 is 0 Å². The summed E-state index contributed by atoms with van der Waals surface area (Å²) in [5.41, 5.74) is -1.32. The number of halogens is 1. The second-order valence-corrected chi connectivity index (χ2v) is 10.3. The van der Waals surface area contributed by atoms with Gasteiger partial charge in [0.25, 0.3) is 0 Å². The second kappa shape index (κ2) is 10.4. The van der Waals surface area contributed by atoms with Crippen LogP contribution in [0.4, 0.5) is 5.69 Å². The summed E-state index contributed by atoms with van der Waals surface area (Å²) in [6.07, 6.45) is 4.58. The predicted octanol–water partition coefficient (Wildman–Crippen LogP) is 3.12. The van der Waals surface area contributed by atoms with Crippen LogP contribution in [0.2, 0.25) is 5.02 Å². The Morgan fingerprint density at radius 3 is 2.63 bits per heavy atom. The summed E-state index contributed by atoms with van der Waals surface area (Å²) in [6, 6.07) is 6.13. The normalized spacial score (nSPS) is 31.0. The Balaban J connectivity index is 1.70. The van der Waals surface area contributed by atoms with Crippen LogP contribution in [0.25, 0.3) is 0 Å². The molecule has 3 fully saturated rings. The van der Waals surface area contributed by atoms with Crippen LogP contribution in [0.3, 0.4) is 0 Å². The number of unbranched alkanes of at least 4 members (excludes halogenated alkanes) is 2. The summed E-state index contributed by atoms with van der Waals surface area (Å²) >= 11 is 6.30. The van der Waals surface area contributed by atoms with Crippen molar-refractivity contribution in [1.82, 2.24) is 10.2 Å². The fourth-order valence-electron chi connectivity index (χ4n) is 6.35. The van der Waals surface area contributed by atoms with Gasteiger partial charge in [-0.05, 0) is 57.1 Å². The maximum Gasteiger partial charge on any atom is 0.250 e. The maximum absolute atomic E-state index is 13.9. The quantitative estimate of drug-likeness (QED) is 0.400. The molecule has 0 aromatic heterocycles. The van der Waals surface area contributed by atoms with Gasteiger partial charge in [-0.25, -0.2) is 0 Å². The molecule has 1 spiro atoms. The molecule has 9 heteroatoms. The number of hydrogen-bond acceptors (Lipinski definition) is 5. The Bertz CT molecular complexity index is 974. The van der Waals surface area contributed by atoms with Crippen LogP contribution in [0.1, 0.15) is 58.8 Å². The van der Waals surface area contributed by atoms with Crippen molar-refractivity contribution in [3.63, 3.8) is 0 Å². The van der Waals surface area contributed by atoms with Gasteiger partial charge in [0.05, 0.1) is 28.1 Å². The van der Waals surface area contributed by atoms with Crippen molar-refractivity contribution in [3.8, 4) is 0 Å². The zero-order chi connectivity index (χ0) is 25.2. The average Bonchev–Trinajstić information content (AvgIpc) is 3.45. The third kappa shape index (κ3) is 4.34. The highest BCUT2D eigenvalue weighted by Crippen LogP contribution is 2.64. The van der Waals surface area contributed by atoms with Gasteiger partial charge in [-0.15, -0.1) is 0 Å². The van der Waals surface area contributed by atoms with E-state index in [-0.39, 0.29) is 24.3 Å². The molecule has 3 amide bonds. The van der Waals surface area contributed by atoms with Crippen molar-refractivity contribution < 1.29 is 24.2 Å². The molecule has 4 rings (SSSR count). The van der Waals surface area contributed by atoms with E-state index in [1.54, 1.807) is 29.2 Å². The Kier molecular flexibility index (Phi) is 7.74. The van der Waals surface area contributed by atoms with Gasteiger partial charge in [0, 0.05) is 19.7 Å². The van der Waals surface area contributed by atoms with Crippen molar-refractivity contribution in [2.45, 2.75) is 76.0 Å². The number of aliphatic hydroxyl groups is 1. The third-order valence-corrected chi connectivity index (χ3v) is 8.28. The van der Waals surface area contributed by atoms with E-state index in [4.69, 9.17) is 21.4 Å². The molecule has 192 valence electrons. The highest BCUT2D eigenvalue weighted by Gasteiger charge is 2.78. The van der Waals surface area contributed by atoms with Crippen LogP contribution < -0.4 is 10.6 Å². The lowest BCUT2D eigenvalue weighted by molar-refractivity contribution is -0.146. The predicted molar refractivity (Wildman–Crippen MR) is 133 cm³/mol. The van der Waals surface area contributed by atoms with E-state index in [2.05, 4.69) is 10.6 Å². The Morgan fingerprint density at radius 1 is 1.17 bits per heavy atom. The first-order chi connectivity index (χ1) is 16.8. The van der Waals surface area contributed by atoms with Crippen LogP contribution in [0.15, 0.2) is 24.3 Å². The number of carbonyl (C=O) groups excluding carboxylic acids is 3. The van der Waals surface area contributed by atoms with Gasteiger partial charge in [-0.2, -0.15) is 0 Å². The van der Waals surface area contributed by atoms with Crippen LogP contribution in [-0.2, 0) is 19.1 Å². The number of likely N-dealkylation sites (tertiary alicyclic amines) is 1. The standard InChI is InChI=1S/C26H36ClN3O5/c1-3-14-28-22(32)19-20-24(34)30(15-8-5-9-16-31)21(26(20)13-12-25(19,4-2)35-26)23(33)29-18-11-7-6-10-17(18)27/h6-7,10-11,19-21,31H,3-5,8-9,12-16H2,1-2H3,(H,28,32)(H,29,33)/t19-,20+,21?,25+,26?/m1/s1. The van der Waals surface area contributed by atoms with Gasteiger partial charge in [0.15, 0.2) is 0 Å². The first kappa shape index (κ1) is 25.9. The van der Waals surface area contributed by atoms with Gasteiger partial charge in [0.2, 0.25) is 17.7 Å². The second-order valence-electron chi connectivity index (χ2n) is 9.91. The molecular weight excluding hydrogens is 470 g/mol. The molecule has 1 aromatic carbocycles. The minimum atomic E-state index is -1.05. The molecule has 0 saturated carbocycles. The summed E-state index contributed by atoms with van der Waals surface area (Å²) < 4.78 is 6.71. The molecule has 3 saturated heterocycles. The lowest BCUT2D eigenvalue weighted by atomic mass is 9.65. The smallest absolute Gasteiger partial charge is 0.250 e. The molecule has 3 N–H and O–H groups in total. The Hall–Kier alpha value is -2.16. The van der Waals surface area contributed by atoms with E-state index in [0.29, 0.717) is 55.9 Å². The number of ether oxygens (including phenoxy) is 1. The number of hydrogen-bond donors (Lipinski definition) is 3. The Morgan fingerprint density at radius 2 is 1.94 bits per heavy atom. The average molecular weight is 506 g/mol. The molecule has 2 bridgehead atoms. The lowest BCUT2D eigenvalue weighted by Gasteiger charge is -2.34. The van der Waals surface area contributed by atoms with E-state index in [9.17, 15) is 14.4 Å². The third-order valence-electron chi connectivity index (χ3n) is 7.95. The number of amides is 3. The molecule has 1 aromatic rings. The molecule has 0 radical (unpaired) electrons. The highest BCUT2D eigenvalue weighted by atomic mass is 35.5. The van der Waals surface area contributed by atoms with E-state index < -0.39 is 29.1 Å². The number of nitrogens with zero attached hydrogens (tertiary/aromatic N) is 1. The van der Waals surface area contributed by atoms with Crippen LogP contribution in [0.5, 0.6) is 0 Å². The largest absolute Gasteiger partial charge is 0.396 e. The van der Waals surface area contributed by atoms with Crippen LogP contribution in [-0.4, -0.2) is 64.7 Å². The minimum absolute atomic E-state index is 0.0821. The van der Waals surface area contributed by atoms with Gasteiger partial charge in [-0.1, -0.05) is 37.6 Å². The fraction of sp³-hybridized carbons (Fsp3) is 0.654. The molecule has 3 aliphatic rings. The highest BCUT2D eigenvalue weighted by molar-refractivity contribution is 6.33. The van der Waals surface area contributed by atoms with Gasteiger partial charge < -0.3 is 25.4 Å². The number of aliphatic hydroxyl groups excluding tert-OH is 1. The van der Waals surface area contributed by atoms with E-state index in [1.165, 1.54) is 0 Å². The first-order valence-electron chi connectivity index (χ1n) is 12.8. The molecule has 8 nitrogen and oxygen atoms in total. The van der Waals surface area contributed by atoms with Crippen LogP contribution in [0, 0.1) is 11.8 Å². The first-order valence-corrected chi connectivity index (χ1v) is 13.2. The number of carbonyl (C=O) groups is 3. The maximum atomic E-state index is 13.9. The zero-order valence-electron chi connectivity index (χ0n) is 20.5. The molecule has 5 atom stereocenters. The number of rotatable bonds is 11. The fourth-order valence-corrected chi connectivity index (χ4v) is 6.53. The lowest BCUT2D eigenvalue weighted by Crippen LogP contribution is -2.53. The SMILES string of the molecule is CCCNC(=O)[C@H]1[C@H]2C(=O)N(CCCCCO)C(C(=O)Nc3ccccc3Cl)C23CC[C@]1(CC)O3. The van der Waals surface area contributed by atoms with Crippen molar-refractivity contribution in [1.29, 1.82) is 0 Å². The number of nitrogens with one attached hydrogen (secondary N) is 2. The van der Waals surface area contributed by atoms with Gasteiger partial charge in [-0.3, -0.25) is 14.4 Å². The number of benzene rings is 1. The molecule has 35 heavy (non-hydrogen) atoms. The zero-order valence-corrected chi connectivity index (χ0v) is 21.3. The van der Waals surface area contributed by atoms with Crippen molar-refractivity contribution in [3.05, 3.63) is 29.3 Å². The van der Waals surface area contributed by atoms with Crippen molar-refractivity contribution >= 4 is 35.0 Å². The summed E-state index contributed by atoms with van der Waals surface area (Å²) in [6.45, 7) is 4.95. The summed E-state index contributed by atoms with van der Waals surface area (Å²) in [4.78, 5) is 42.7. The Labute approximate surface area is 211 Å². The van der Waals surface area contributed by atoms with Gasteiger partial charge in [0.1, 0.15) is 11.6 Å². The summed E-state index contributed by atoms with van der Waals surface area (Å²) in [5.74, 6) is -2.04. The summed E-state index contributed by atoms with van der Waals surface area (Å²) in [5, 5.41) is 15.5. The summed E-state index contributed by atoms with van der Waals surface area (Å²) in [7, 11) is 0. The van der Waals surface area contributed by atoms with Crippen molar-refractivity contribution in [2.75, 3.05) is 25.0 Å². The molecule has 2 unspecified atom stereocenters. The topological polar surface area (TPSA) is 108 Å². The number of fused-ring (bicyclic) bond motifs is 1. The molecular formula is C26H36ClN3O5. The number of para-hydroxylation sites is 1. The molecule has 3 heterocycles. The van der Waals surface area contributed by atoms with E-state index in [1.807, 2.05) is 13.8 Å². The van der Waals surface area contributed by atoms with Crippen LogP contribution >= 0.6 is 11.6 Å². The molecule has 0 aliphatic carbocycles. The van der Waals surface area contributed by atoms with Crippen molar-refractivity contribution in [2.24, 2.45) is 11.8 Å². The minimum Gasteiger partial charge on any atom is -0.396 e. The van der Waals surface area contributed by atoms with E-state index in [0.717, 1.165) is 12.8 Å². The number of anilines is 1. The monoisotopic (exact) mass is 505 g/mol. The van der Waals surface area contributed by atoms with Gasteiger partial charge >= 0.3 is 0 Å².